The maximum absolute atomic E-state index is 13.4. The Morgan fingerprint density at radius 2 is 1.97 bits per heavy atom. The molecule has 2 heterocycles. The second kappa shape index (κ2) is 9.12. The van der Waals surface area contributed by atoms with Gasteiger partial charge in [-0.05, 0) is 87.9 Å². The number of hydrogen-bond acceptors (Lipinski definition) is 3. The molecule has 0 spiro atoms. The van der Waals surface area contributed by atoms with Gasteiger partial charge in [0.2, 0.25) is 0 Å². The molecule has 0 radical (unpaired) electrons. The molecule has 0 bridgehead atoms. The van der Waals surface area contributed by atoms with Gasteiger partial charge in [0.05, 0.1) is 24.4 Å². The molecule has 1 aliphatic carbocycles. The molecule has 170 valence electrons. The Morgan fingerprint density at radius 1 is 1.22 bits per heavy atom. The van der Waals surface area contributed by atoms with Gasteiger partial charge in [-0.25, -0.2) is 4.39 Å². The van der Waals surface area contributed by atoms with Gasteiger partial charge in [0, 0.05) is 27.9 Å². The summed E-state index contributed by atoms with van der Waals surface area (Å²) < 4.78 is 22.1. The zero-order chi connectivity index (χ0) is 22.1. The maximum atomic E-state index is 13.4. The molecular formula is C26H31ClFN3O. The second-order valence-corrected chi connectivity index (χ2v) is 10.1. The number of rotatable bonds is 8. The van der Waals surface area contributed by atoms with Crippen LogP contribution in [-0.2, 0) is 17.7 Å². The first-order valence-corrected chi connectivity index (χ1v) is 12.1. The lowest BCUT2D eigenvalue weighted by atomic mass is 9.75. The van der Waals surface area contributed by atoms with E-state index in [1.807, 2.05) is 30.5 Å². The van der Waals surface area contributed by atoms with Crippen LogP contribution in [0.3, 0.4) is 0 Å². The Kier molecular flexibility index (Phi) is 6.24. The average molecular weight is 456 g/mol. The van der Waals surface area contributed by atoms with E-state index in [9.17, 15) is 4.39 Å². The van der Waals surface area contributed by atoms with Crippen molar-refractivity contribution in [3.63, 3.8) is 0 Å². The molecule has 2 aromatic carbocycles. The fourth-order valence-electron chi connectivity index (χ4n) is 4.98. The van der Waals surface area contributed by atoms with Crippen LogP contribution >= 0.6 is 11.6 Å². The molecule has 1 aliphatic heterocycles. The van der Waals surface area contributed by atoms with Crippen LogP contribution in [-0.4, -0.2) is 29.5 Å². The van der Waals surface area contributed by atoms with Gasteiger partial charge in [0.15, 0.2) is 0 Å². The molecule has 1 saturated carbocycles. The van der Waals surface area contributed by atoms with Gasteiger partial charge in [0.1, 0.15) is 5.82 Å². The molecule has 1 aromatic heterocycles. The molecule has 4 nitrogen and oxygen atoms in total. The monoisotopic (exact) mass is 455 g/mol. The van der Waals surface area contributed by atoms with Crippen molar-refractivity contribution < 1.29 is 9.13 Å². The molecular weight excluding hydrogens is 425 g/mol. The van der Waals surface area contributed by atoms with E-state index < -0.39 is 0 Å². The molecule has 1 atom stereocenters. The largest absolute Gasteiger partial charge is 0.373 e. The Labute approximate surface area is 194 Å². The fraction of sp³-hybridized carbons (Fsp3) is 0.500. The molecule has 1 N–H and O–H groups in total. The molecule has 6 heteroatoms. The summed E-state index contributed by atoms with van der Waals surface area (Å²) in [6.45, 7) is 5.71. The van der Waals surface area contributed by atoms with Crippen LogP contribution in [0.5, 0.6) is 0 Å². The van der Waals surface area contributed by atoms with E-state index in [1.165, 1.54) is 12.8 Å². The minimum Gasteiger partial charge on any atom is -0.373 e. The smallest absolute Gasteiger partial charge is 0.123 e. The molecule has 5 rings (SSSR count). The van der Waals surface area contributed by atoms with E-state index in [2.05, 4.69) is 22.0 Å². The molecule has 0 unspecified atom stereocenters. The summed E-state index contributed by atoms with van der Waals surface area (Å²) in [5.41, 5.74) is 3.46. The topological polar surface area (TPSA) is 39.1 Å². The molecule has 3 aromatic rings. The fourth-order valence-corrected chi connectivity index (χ4v) is 5.21. The zero-order valence-corrected chi connectivity index (χ0v) is 19.4. The van der Waals surface area contributed by atoms with Crippen LogP contribution < -0.4 is 5.32 Å². The highest BCUT2D eigenvalue weighted by Crippen LogP contribution is 2.38. The first-order chi connectivity index (χ1) is 15.5. The first kappa shape index (κ1) is 21.9. The number of benzene rings is 2. The number of fused-ring (bicyclic) bond motifs is 1. The standard InChI is InChI=1S/C26H31ClFN3O/c1-18(24-13-22(27)12-21-15-30-31(25(21)24)16-20-2-3-20)32-17-26(8-10-29-11-9-26)14-19-4-6-23(28)7-5-19/h4-7,12-13,15,18,20,29H,2-3,8-11,14,16-17H2,1H3/t18-/m1/s1. The summed E-state index contributed by atoms with van der Waals surface area (Å²) >= 11 is 6.46. The summed E-state index contributed by atoms with van der Waals surface area (Å²) in [7, 11) is 0. The second-order valence-electron chi connectivity index (χ2n) is 9.71. The summed E-state index contributed by atoms with van der Waals surface area (Å²) in [4.78, 5) is 0. The number of ether oxygens (including phenoxy) is 1. The summed E-state index contributed by atoms with van der Waals surface area (Å²) in [5, 5.41) is 9.91. The van der Waals surface area contributed by atoms with Gasteiger partial charge in [-0.1, -0.05) is 23.7 Å². The highest BCUT2D eigenvalue weighted by Gasteiger charge is 2.34. The quantitative estimate of drug-likeness (QED) is 0.457. The van der Waals surface area contributed by atoms with Gasteiger partial charge in [-0.15, -0.1) is 0 Å². The Balaban J connectivity index is 1.37. The predicted molar refractivity (Wildman–Crippen MR) is 126 cm³/mol. The third-order valence-corrected chi connectivity index (χ3v) is 7.31. The molecule has 2 aliphatic rings. The van der Waals surface area contributed by atoms with Gasteiger partial charge in [-0.2, -0.15) is 5.10 Å². The summed E-state index contributed by atoms with van der Waals surface area (Å²) in [6.07, 6.45) is 7.39. The third-order valence-electron chi connectivity index (χ3n) is 7.09. The van der Waals surface area contributed by atoms with Crippen molar-refractivity contribution in [3.8, 4) is 0 Å². The van der Waals surface area contributed by atoms with E-state index >= 15 is 0 Å². The minimum atomic E-state index is -0.189. The lowest BCUT2D eigenvalue weighted by Gasteiger charge is -2.38. The molecule has 0 amide bonds. The summed E-state index contributed by atoms with van der Waals surface area (Å²) in [5.74, 6) is 0.553. The number of hydrogen-bond donors (Lipinski definition) is 1. The molecule has 32 heavy (non-hydrogen) atoms. The van der Waals surface area contributed by atoms with Crippen LogP contribution in [0.1, 0.15) is 49.8 Å². The number of piperidine rings is 1. The van der Waals surface area contributed by atoms with E-state index in [1.54, 1.807) is 12.1 Å². The Bertz CT molecular complexity index is 1070. The lowest BCUT2D eigenvalue weighted by molar-refractivity contribution is -0.0159. The maximum Gasteiger partial charge on any atom is 0.123 e. The van der Waals surface area contributed by atoms with Crippen LogP contribution in [0.25, 0.3) is 10.9 Å². The van der Waals surface area contributed by atoms with Crippen LogP contribution in [0.15, 0.2) is 42.6 Å². The number of nitrogens with zero attached hydrogens (tertiary/aromatic N) is 2. The van der Waals surface area contributed by atoms with Crippen molar-refractivity contribution in [2.45, 2.75) is 51.7 Å². The van der Waals surface area contributed by atoms with Crippen LogP contribution in [0, 0.1) is 17.2 Å². The van der Waals surface area contributed by atoms with Gasteiger partial charge < -0.3 is 10.1 Å². The van der Waals surface area contributed by atoms with E-state index in [0.717, 1.165) is 71.9 Å². The van der Waals surface area contributed by atoms with E-state index in [0.29, 0.717) is 6.61 Å². The van der Waals surface area contributed by atoms with Crippen molar-refractivity contribution in [2.75, 3.05) is 19.7 Å². The Morgan fingerprint density at radius 3 is 2.69 bits per heavy atom. The van der Waals surface area contributed by atoms with Crippen molar-refractivity contribution in [2.24, 2.45) is 11.3 Å². The third kappa shape index (κ3) is 4.85. The van der Waals surface area contributed by atoms with Gasteiger partial charge in [-0.3, -0.25) is 4.68 Å². The lowest BCUT2D eigenvalue weighted by Crippen LogP contribution is -2.41. The summed E-state index contributed by atoms with van der Waals surface area (Å²) in [6, 6.07) is 10.9. The van der Waals surface area contributed by atoms with E-state index in [-0.39, 0.29) is 17.3 Å². The number of nitrogens with one attached hydrogen (secondary N) is 1. The number of aromatic nitrogens is 2. The molecule has 2 fully saturated rings. The zero-order valence-electron chi connectivity index (χ0n) is 18.6. The van der Waals surface area contributed by atoms with Crippen molar-refractivity contribution in [1.29, 1.82) is 0 Å². The highest BCUT2D eigenvalue weighted by molar-refractivity contribution is 6.31. The van der Waals surface area contributed by atoms with Gasteiger partial charge >= 0.3 is 0 Å². The Hall–Kier alpha value is -1.95. The normalized spacial score (nSPS) is 19.3. The van der Waals surface area contributed by atoms with Crippen molar-refractivity contribution in [1.82, 2.24) is 15.1 Å². The van der Waals surface area contributed by atoms with Crippen molar-refractivity contribution in [3.05, 3.63) is 64.6 Å². The minimum absolute atomic E-state index is 0.0449. The van der Waals surface area contributed by atoms with Gasteiger partial charge in [0.25, 0.3) is 0 Å². The first-order valence-electron chi connectivity index (χ1n) is 11.7. The predicted octanol–water partition coefficient (Wildman–Crippen LogP) is 5.93. The molecule has 1 saturated heterocycles. The van der Waals surface area contributed by atoms with E-state index in [4.69, 9.17) is 16.3 Å². The van der Waals surface area contributed by atoms with Crippen LogP contribution in [0.4, 0.5) is 4.39 Å². The highest BCUT2D eigenvalue weighted by atomic mass is 35.5. The number of halogens is 2. The van der Waals surface area contributed by atoms with Crippen molar-refractivity contribution >= 4 is 22.5 Å². The van der Waals surface area contributed by atoms with Crippen LogP contribution in [0.2, 0.25) is 5.02 Å². The SMILES string of the molecule is C[C@@H](OCC1(Cc2ccc(F)cc2)CCNCC1)c1cc(Cl)cc2cnn(CC3CC3)c12. The average Bonchev–Trinajstić information content (AvgIpc) is 3.52.